The lowest BCUT2D eigenvalue weighted by Gasteiger charge is -2.21. The summed E-state index contributed by atoms with van der Waals surface area (Å²) in [6, 6.07) is 15.7. The summed E-state index contributed by atoms with van der Waals surface area (Å²) in [5, 5.41) is 3.32. The minimum absolute atomic E-state index is 0.183. The summed E-state index contributed by atoms with van der Waals surface area (Å²) < 4.78 is 16.8. The Morgan fingerprint density at radius 3 is 2.38 bits per heavy atom. The van der Waals surface area contributed by atoms with Gasteiger partial charge in [-0.3, -0.25) is 4.99 Å². The first-order chi connectivity index (χ1) is 11.8. The average molecular weight is 326 g/mol. The van der Waals surface area contributed by atoms with E-state index in [-0.39, 0.29) is 6.10 Å². The monoisotopic (exact) mass is 326 g/mol. The van der Waals surface area contributed by atoms with Crippen LogP contribution in [0.25, 0.3) is 0 Å². The van der Waals surface area contributed by atoms with Crippen molar-refractivity contribution in [3.63, 3.8) is 0 Å². The number of ether oxygens (including phenoxy) is 3. The zero-order valence-electron chi connectivity index (χ0n) is 14.0. The highest BCUT2D eigenvalue weighted by atomic mass is 16.5. The van der Waals surface area contributed by atoms with Crippen LogP contribution in [0.15, 0.2) is 53.5 Å². The highest BCUT2D eigenvalue weighted by molar-refractivity contribution is 5.88. The Labute approximate surface area is 142 Å². The summed E-state index contributed by atoms with van der Waals surface area (Å²) >= 11 is 0. The van der Waals surface area contributed by atoms with Gasteiger partial charge in [-0.25, -0.2) is 0 Å². The van der Waals surface area contributed by atoms with Crippen LogP contribution in [0.4, 0.5) is 0 Å². The molecule has 0 aromatic heterocycles. The van der Waals surface area contributed by atoms with E-state index in [1.807, 2.05) is 48.5 Å². The zero-order chi connectivity index (χ0) is 16.8. The van der Waals surface area contributed by atoms with Crippen molar-refractivity contribution < 1.29 is 14.2 Å². The van der Waals surface area contributed by atoms with Gasteiger partial charge in [0.15, 0.2) is 17.6 Å². The Bertz CT molecular complexity index is 698. The summed E-state index contributed by atoms with van der Waals surface area (Å²) in [5.41, 5.74) is 1.16. The molecular formula is C19H22N2O3. The molecule has 1 aliphatic heterocycles. The minimum Gasteiger partial charge on any atom is -0.497 e. The van der Waals surface area contributed by atoms with Gasteiger partial charge in [0.25, 0.3) is 0 Å². The molecule has 2 aromatic rings. The van der Waals surface area contributed by atoms with Crippen LogP contribution in [0.3, 0.4) is 0 Å². The Kier molecular flexibility index (Phi) is 5.21. The van der Waals surface area contributed by atoms with Crippen LogP contribution >= 0.6 is 0 Å². The van der Waals surface area contributed by atoms with Crippen molar-refractivity contribution in [2.45, 2.75) is 12.5 Å². The van der Waals surface area contributed by atoms with Crippen LogP contribution in [-0.4, -0.2) is 39.2 Å². The second kappa shape index (κ2) is 7.73. The predicted molar refractivity (Wildman–Crippen MR) is 94.4 cm³/mol. The van der Waals surface area contributed by atoms with E-state index in [9.17, 15) is 0 Å². The SMILES string of the molecule is COc1ccc(CC(Oc2ccccc2OC)C2=NCCN2)cc1. The van der Waals surface area contributed by atoms with Gasteiger partial charge in [-0.05, 0) is 29.8 Å². The minimum atomic E-state index is -0.183. The molecule has 0 fully saturated rings. The van der Waals surface area contributed by atoms with E-state index in [1.54, 1.807) is 14.2 Å². The normalized spacial score (nSPS) is 14.5. The second-order valence-corrected chi connectivity index (χ2v) is 5.50. The van der Waals surface area contributed by atoms with Crippen LogP contribution in [0.1, 0.15) is 5.56 Å². The lowest BCUT2D eigenvalue weighted by atomic mass is 10.1. The molecule has 0 saturated heterocycles. The van der Waals surface area contributed by atoms with Gasteiger partial charge in [-0.15, -0.1) is 0 Å². The Hall–Kier alpha value is -2.69. The fourth-order valence-electron chi connectivity index (χ4n) is 2.67. The molecule has 0 spiro atoms. The summed E-state index contributed by atoms with van der Waals surface area (Å²) in [6.07, 6.45) is 0.533. The zero-order valence-corrected chi connectivity index (χ0v) is 14.0. The number of hydrogen-bond acceptors (Lipinski definition) is 5. The number of hydrogen-bond donors (Lipinski definition) is 1. The lowest BCUT2D eigenvalue weighted by Crippen LogP contribution is -2.37. The van der Waals surface area contributed by atoms with Gasteiger partial charge < -0.3 is 19.5 Å². The van der Waals surface area contributed by atoms with Gasteiger partial charge in [0.1, 0.15) is 11.6 Å². The third-order valence-corrected chi connectivity index (χ3v) is 3.92. The van der Waals surface area contributed by atoms with Gasteiger partial charge >= 0.3 is 0 Å². The third-order valence-electron chi connectivity index (χ3n) is 3.92. The molecule has 5 heteroatoms. The molecule has 0 bridgehead atoms. The smallest absolute Gasteiger partial charge is 0.162 e. The van der Waals surface area contributed by atoms with Gasteiger partial charge in [0.2, 0.25) is 0 Å². The maximum atomic E-state index is 6.23. The van der Waals surface area contributed by atoms with E-state index in [4.69, 9.17) is 14.2 Å². The van der Waals surface area contributed by atoms with Crippen molar-refractivity contribution in [2.75, 3.05) is 27.3 Å². The predicted octanol–water partition coefficient (Wildman–Crippen LogP) is 2.70. The molecule has 0 amide bonds. The maximum Gasteiger partial charge on any atom is 0.162 e. The summed E-state index contributed by atoms with van der Waals surface area (Å²) in [6.45, 7) is 1.63. The quantitative estimate of drug-likeness (QED) is 0.850. The molecule has 126 valence electrons. The van der Waals surface area contributed by atoms with Crippen LogP contribution in [-0.2, 0) is 6.42 Å². The fourth-order valence-corrected chi connectivity index (χ4v) is 2.67. The van der Waals surface area contributed by atoms with Crippen molar-refractivity contribution in [3.8, 4) is 17.2 Å². The number of aliphatic imine (C=N–C) groups is 1. The molecular weight excluding hydrogens is 304 g/mol. The lowest BCUT2D eigenvalue weighted by molar-refractivity contribution is 0.249. The number of rotatable bonds is 7. The van der Waals surface area contributed by atoms with E-state index in [0.717, 1.165) is 41.7 Å². The first-order valence-electron chi connectivity index (χ1n) is 8.01. The molecule has 0 aliphatic carbocycles. The van der Waals surface area contributed by atoms with Crippen LogP contribution < -0.4 is 19.5 Å². The van der Waals surface area contributed by atoms with Crippen molar-refractivity contribution in [3.05, 3.63) is 54.1 Å². The third kappa shape index (κ3) is 3.79. The van der Waals surface area contributed by atoms with Gasteiger partial charge in [0.05, 0.1) is 20.8 Å². The Morgan fingerprint density at radius 1 is 1.00 bits per heavy atom. The Balaban J connectivity index is 1.80. The molecule has 1 aliphatic rings. The molecule has 0 radical (unpaired) electrons. The summed E-state index contributed by atoms with van der Waals surface area (Å²) in [7, 11) is 3.31. The van der Waals surface area contributed by atoms with Crippen molar-refractivity contribution in [2.24, 2.45) is 4.99 Å². The molecule has 0 saturated carbocycles. The number of nitrogens with zero attached hydrogens (tertiary/aromatic N) is 1. The number of para-hydroxylation sites is 2. The van der Waals surface area contributed by atoms with Gasteiger partial charge in [-0.2, -0.15) is 0 Å². The highest BCUT2D eigenvalue weighted by Crippen LogP contribution is 2.28. The van der Waals surface area contributed by atoms with Crippen molar-refractivity contribution >= 4 is 5.84 Å². The standard InChI is InChI=1S/C19H22N2O3/c1-22-15-9-7-14(8-10-15)13-18(19-20-11-12-21-19)24-17-6-4-3-5-16(17)23-2/h3-10,18H,11-13H2,1-2H3,(H,20,21). The number of amidine groups is 1. The van der Waals surface area contributed by atoms with Crippen LogP contribution in [0.5, 0.6) is 17.2 Å². The highest BCUT2D eigenvalue weighted by Gasteiger charge is 2.22. The molecule has 2 aromatic carbocycles. The molecule has 24 heavy (non-hydrogen) atoms. The van der Waals surface area contributed by atoms with E-state index in [1.165, 1.54) is 0 Å². The van der Waals surface area contributed by atoms with Crippen LogP contribution in [0, 0.1) is 0 Å². The first kappa shape index (κ1) is 16.2. The van der Waals surface area contributed by atoms with Crippen molar-refractivity contribution in [1.29, 1.82) is 0 Å². The summed E-state index contributed by atoms with van der Waals surface area (Å²) in [4.78, 5) is 4.53. The van der Waals surface area contributed by atoms with E-state index >= 15 is 0 Å². The summed E-state index contributed by atoms with van der Waals surface area (Å²) in [5.74, 6) is 3.17. The maximum absolute atomic E-state index is 6.23. The average Bonchev–Trinajstić information content (AvgIpc) is 3.17. The molecule has 1 heterocycles. The van der Waals surface area contributed by atoms with E-state index < -0.39 is 0 Å². The fraction of sp³-hybridized carbons (Fsp3) is 0.316. The molecule has 5 nitrogen and oxygen atoms in total. The molecule has 1 N–H and O–H groups in total. The number of methoxy groups -OCH3 is 2. The van der Waals surface area contributed by atoms with Crippen LogP contribution in [0.2, 0.25) is 0 Å². The second-order valence-electron chi connectivity index (χ2n) is 5.50. The largest absolute Gasteiger partial charge is 0.497 e. The number of nitrogens with one attached hydrogen (secondary N) is 1. The molecule has 1 atom stereocenters. The van der Waals surface area contributed by atoms with Gasteiger partial charge in [0, 0.05) is 13.0 Å². The topological polar surface area (TPSA) is 52.1 Å². The van der Waals surface area contributed by atoms with E-state index in [0.29, 0.717) is 6.42 Å². The Morgan fingerprint density at radius 2 is 1.75 bits per heavy atom. The molecule has 1 unspecified atom stereocenters. The van der Waals surface area contributed by atoms with Gasteiger partial charge in [-0.1, -0.05) is 24.3 Å². The molecule has 3 rings (SSSR count). The van der Waals surface area contributed by atoms with Crippen molar-refractivity contribution in [1.82, 2.24) is 5.32 Å². The number of benzene rings is 2. The first-order valence-corrected chi connectivity index (χ1v) is 8.01. The van der Waals surface area contributed by atoms with E-state index in [2.05, 4.69) is 10.3 Å².